The van der Waals surface area contributed by atoms with E-state index in [4.69, 9.17) is 30.5 Å². The van der Waals surface area contributed by atoms with Crippen LogP contribution in [0.1, 0.15) is 13.2 Å². The Hall–Kier alpha value is -0.870. The van der Waals surface area contributed by atoms with Crippen molar-refractivity contribution in [2.75, 3.05) is 13.7 Å². The molecule has 122 valence electrons. The molecule has 0 spiro atoms. The van der Waals surface area contributed by atoms with Crippen LogP contribution in [0.5, 0.6) is 0 Å². The monoisotopic (exact) mass is 350 g/mol. The van der Waals surface area contributed by atoms with Gasteiger partial charge in [0.05, 0.1) is 6.61 Å². The highest BCUT2D eigenvalue weighted by Gasteiger charge is 2.59. The molecule has 3 rings (SSSR count). The first-order valence-corrected chi connectivity index (χ1v) is 8.32. The summed E-state index contributed by atoms with van der Waals surface area (Å²) in [6, 6.07) is 1.26. The van der Waals surface area contributed by atoms with Gasteiger partial charge >= 0.3 is 7.82 Å². The molecule has 0 saturated carbocycles. The molecule has 5 atom stereocenters. The van der Waals surface area contributed by atoms with Crippen molar-refractivity contribution in [3.05, 3.63) is 27.4 Å². The fraction of sp³-hybridized carbons (Fsp3) is 0.636. The topological polar surface area (TPSA) is 112 Å². The first kappa shape index (κ1) is 16.0. The molecule has 3 heterocycles. The Balaban J connectivity index is 1.98. The summed E-state index contributed by atoms with van der Waals surface area (Å²) in [7, 11) is -2.52. The van der Waals surface area contributed by atoms with Crippen LogP contribution in [0.25, 0.3) is 0 Å². The van der Waals surface area contributed by atoms with E-state index >= 15 is 0 Å². The van der Waals surface area contributed by atoms with Crippen LogP contribution in [0.2, 0.25) is 0 Å². The van der Waals surface area contributed by atoms with E-state index in [9.17, 15) is 14.5 Å². The molecular formula is C11H15N2O7PS. The lowest BCUT2D eigenvalue weighted by atomic mass is 9.96. The largest absolute Gasteiger partial charge is 0.475 e. The van der Waals surface area contributed by atoms with Gasteiger partial charge < -0.3 is 9.84 Å². The second-order valence-electron chi connectivity index (χ2n) is 5.22. The number of rotatable bonds is 2. The SMILES string of the molecule is COP1(=O)OC[C@H]2O[C@@H](n3ccc(=O)[nH]c3=S)C(C)(O)[C@H]2O1. The molecule has 11 heteroatoms. The number of ether oxygens (including phenoxy) is 1. The zero-order valence-electron chi connectivity index (χ0n) is 11.8. The van der Waals surface area contributed by atoms with Crippen LogP contribution in [0, 0.1) is 4.77 Å². The lowest BCUT2D eigenvalue weighted by molar-refractivity contribution is -0.0930. The fourth-order valence-corrected chi connectivity index (χ4v) is 4.05. The van der Waals surface area contributed by atoms with E-state index in [1.165, 1.54) is 30.9 Å². The quantitative estimate of drug-likeness (QED) is 0.593. The number of aliphatic hydroxyl groups is 1. The molecule has 0 bridgehead atoms. The number of aromatic nitrogens is 2. The van der Waals surface area contributed by atoms with Crippen molar-refractivity contribution in [2.45, 2.75) is 31.0 Å². The standard InChI is InChI=1S/C11H15N2O7PS/c1-11(15)8-6(5-18-21(16,17-2)20-8)19-9(11)13-4-3-7(14)12-10(13)22/h3-4,6,8-9,15H,5H2,1-2H3,(H,12,14,22)/t6-,8+,9-,11?,21?/m1/s1. The maximum atomic E-state index is 12.1. The maximum Gasteiger partial charge on any atom is 0.475 e. The number of nitrogens with one attached hydrogen (secondary N) is 1. The highest BCUT2D eigenvalue weighted by atomic mass is 32.1. The molecule has 2 fully saturated rings. The number of H-pyrrole nitrogens is 1. The van der Waals surface area contributed by atoms with Gasteiger partial charge in [-0.25, -0.2) is 4.57 Å². The predicted octanol–water partition coefficient (Wildman–Crippen LogP) is 0.724. The van der Waals surface area contributed by atoms with Gasteiger partial charge in [0.1, 0.15) is 17.8 Å². The molecule has 2 aliphatic heterocycles. The molecule has 0 aliphatic carbocycles. The summed E-state index contributed by atoms with van der Waals surface area (Å²) in [5, 5.41) is 10.8. The third-order valence-corrected chi connectivity index (χ3v) is 5.40. The van der Waals surface area contributed by atoms with Crippen molar-refractivity contribution in [2.24, 2.45) is 0 Å². The lowest BCUT2D eigenvalue weighted by Gasteiger charge is -2.34. The van der Waals surface area contributed by atoms with Gasteiger partial charge in [0, 0.05) is 19.4 Å². The van der Waals surface area contributed by atoms with Gasteiger partial charge in [0.15, 0.2) is 11.0 Å². The molecule has 0 aromatic carbocycles. The Morgan fingerprint density at radius 2 is 2.36 bits per heavy atom. The summed E-state index contributed by atoms with van der Waals surface area (Å²) in [5.41, 5.74) is -1.92. The molecule has 0 radical (unpaired) electrons. The molecule has 0 amide bonds. The highest BCUT2D eigenvalue weighted by molar-refractivity contribution is 7.71. The van der Waals surface area contributed by atoms with Crippen LogP contribution in [-0.4, -0.2) is 46.2 Å². The zero-order valence-corrected chi connectivity index (χ0v) is 13.5. The van der Waals surface area contributed by atoms with Crippen LogP contribution in [0.15, 0.2) is 17.1 Å². The van der Waals surface area contributed by atoms with Crippen molar-refractivity contribution in [3.63, 3.8) is 0 Å². The van der Waals surface area contributed by atoms with Gasteiger partial charge in [0.25, 0.3) is 5.56 Å². The summed E-state index contributed by atoms with van der Waals surface area (Å²) in [4.78, 5) is 13.7. The van der Waals surface area contributed by atoms with Crippen molar-refractivity contribution < 1.29 is 28.0 Å². The summed E-state index contributed by atoms with van der Waals surface area (Å²) < 4.78 is 34.4. The van der Waals surface area contributed by atoms with Crippen LogP contribution in [0.4, 0.5) is 0 Å². The lowest BCUT2D eigenvalue weighted by Crippen LogP contribution is -2.47. The Morgan fingerprint density at radius 3 is 3.00 bits per heavy atom. The maximum absolute atomic E-state index is 12.1. The molecule has 22 heavy (non-hydrogen) atoms. The van der Waals surface area contributed by atoms with Crippen molar-refractivity contribution in [3.8, 4) is 0 Å². The molecular weight excluding hydrogens is 335 g/mol. The van der Waals surface area contributed by atoms with Crippen molar-refractivity contribution >= 4 is 20.0 Å². The van der Waals surface area contributed by atoms with E-state index in [0.29, 0.717) is 0 Å². The van der Waals surface area contributed by atoms with Gasteiger partial charge in [-0.2, -0.15) is 0 Å². The van der Waals surface area contributed by atoms with E-state index in [-0.39, 0.29) is 16.9 Å². The molecule has 2 unspecified atom stereocenters. The van der Waals surface area contributed by atoms with Crippen LogP contribution in [0.3, 0.4) is 0 Å². The van der Waals surface area contributed by atoms with E-state index < -0.39 is 31.9 Å². The zero-order chi connectivity index (χ0) is 16.1. The van der Waals surface area contributed by atoms with Crippen molar-refractivity contribution in [1.82, 2.24) is 9.55 Å². The van der Waals surface area contributed by atoms with Gasteiger partial charge in [-0.05, 0) is 19.1 Å². The number of phosphoric ester groups is 1. The van der Waals surface area contributed by atoms with Gasteiger partial charge in [-0.15, -0.1) is 0 Å². The van der Waals surface area contributed by atoms with Gasteiger partial charge in [-0.3, -0.25) is 27.9 Å². The molecule has 2 aliphatic rings. The Kier molecular flexibility index (Phi) is 3.89. The number of aromatic amines is 1. The smallest absolute Gasteiger partial charge is 0.383 e. The molecule has 1 aromatic heterocycles. The summed E-state index contributed by atoms with van der Waals surface area (Å²) in [6.45, 7) is 1.42. The minimum absolute atomic E-state index is 0.0564. The minimum atomic E-state index is -3.72. The van der Waals surface area contributed by atoms with E-state index in [1.807, 2.05) is 0 Å². The molecule has 1 aromatic rings. The number of hydrogen-bond donors (Lipinski definition) is 2. The average Bonchev–Trinajstić information content (AvgIpc) is 2.71. The fourth-order valence-electron chi connectivity index (χ4n) is 2.58. The number of nitrogens with zero attached hydrogens (tertiary/aromatic N) is 1. The summed E-state index contributed by atoms with van der Waals surface area (Å²) >= 11 is 5.08. The molecule has 9 nitrogen and oxygen atoms in total. The second kappa shape index (κ2) is 5.34. The minimum Gasteiger partial charge on any atom is -0.383 e. The first-order valence-electron chi connectivity index (χ1n) is 6.45. The van der Waals surface area contributed by atoms with Crippen LogP contribution < -0.4 is 5.56 Å². The van der Waals surface area contributed by atoms with Crippen molar-refractivity contribution in [1.29, 1.82) is 0 Å². The van der Waals surface area contributed by atoms with E-state index in [0.717, 1.165) is 0 Å². The number of hydrogen-bond acceptors (Lipinski definition) is 8. The van der Waals surface area contributed by atoms with E-state index in [1.54, 1.807) is 0 Å². The third-order valence-electron chi connectivity index (χ3n) is 3.68. The summed E-state index contributed by atoms with van der Waals surface area (Å²) in [5.74, 6) is 0. The van der Waals surface area contributed by atoms with E-state index in [2.05, 4.69) is 4.98 Å². The normalized spacial score (nSPS) is 41.3. The predicted molar refractivity (Wildman–Crippen MR) is 75.9 cm³/mol. The average molecular weight is 350 g/mol. The number of phosphoric acid groups is 1. The third kappa shape index (κ3) is 2.50. The molecule has 2 N–H and O–H groups in total. The summed E-state index contributed by atoms with van der Waals surface area (Å²) in [6.07, 6.45) is -1.09. The van der Waals surface area contributed by atoms with Gasteiger partial charge in [-0.1, -0.05) is 0 Å². The molecule has 2 saturated heterocycles. The van der Waals surface area contributed by atoms with Crippen LogP contribution >= 0.6 is 20.0 Å². The Bertz CT molecular complexity index is 744. The first-order chi connectivity index (χ1) is 10.3. The Morgan fingerprint density at radius 1 is 1.64 bits per heavy atom. The van der Waals surface area contributed by atoms with Gasteiger partial charge in [0.2, 0.25) is 0 Å². The highest BCUT2D eigenvalue weighted by Crippen LogP contribution is 2.58. The second-order valence-corrected chi connectivity index (χ2v) is 7.34. The Labute approximate surface area is 130 Å². The number of fused-ring (bicyclic) bond motifs is 1. The van der Waals surface area contributed by atoms with Crippen LogP contribution in [-0.2, 0) is 22.9 Å².